The summed E-state index contributed by atoms with van der Waals surface area (Å²) in [5.41, 5.74) is 3.44. The highest BCUT2D eigenvalue weighted by Crippen LogP contribution is 2.18. The minimum Gasteiger partial charge on any atom is -0.341 e. The lowest BCUT2D eigenvalue weighted by molar-refractivity contribution is -0.131. The molecule has 0 saturated heterocycles. The number of nitrogens with one attached hydrogen (secondary N) is 1. The van der Waals surface area contributed by atoms with Crippen LogP contribution in [0, 0.1) is 0 Å². The lowest BCUT2D eigenvalue weighted by Gasteiger charge is -2.14. The molecule has 1 aromatic carbocycles. The number of nitrogens with zero attached hydrogens (tertiary/aromatic N) is 3. The van der Waals surface area contributed by atoms with Gasteiger partial charge in [-0.2, -0.15) is 4.37 Å². The van der Waals surface area contributed by atoms with Crippen LogP contribution in [-0.2, 0) is 16.1 Å². The topological polar surface area (TPSA) is 67.3 Å². The fraction of sp³-hybridized carbons (Fsp3) is 0.357. The van der Waals surface area contributed by atoms with E-state index in [0.717, 1.165) is 11.4 Å². The van der Waals surface area contributed by atoms with Gasteiger partial charge in [0.2, 0.25) is 5.13 Å². The van der Waals surface area contributed by atoms with Crippen molar-refractivity contribution in [3.05, 3.63) is 40.7 Å². The normalized spacial score (nSPS) is 10.5. The molecule has 2 aromatic rings. The average molecular weight is 341 g/mol. The molecule has 0 aliphatic rings. The van der Waals surface area contributed by atoms with Gasteiger partial charge in [0.1, 0.15) is 12.4 Å². The van der Waals surface area contributed by atoms with Crippen molar-refractivity contribution in [2.45, 2.75) is 13.3 Å². The van der Waals surface area contributed by atoms with E-state index in [1.807, 2.05) is 24.3 Å². The Kier molecular flexibility index (Phi) is 6.11. The summed E-state index contributed by atoms with van der Waals surface area (Å²) in [6, 6.07) is 7.58. The second-order valence-corrected chi connectivity index (χ2v) is 5.78. The second-order valence-electron chi connectivity index (χ2n) is 4.61. The van der Waals surface area contributed by atoms with E-state index in [1.54, 1.807) is 18.9 Å². The number of hydrogen-bond donors (Lipinski definition) is 1. The first kappa shape index (κ1) is 16.7. The minimum absolute atomic E-state index is 0.162. The summed E-state index contributed by atoms with van der Waals surface area (Å²) in [5, 5.41) is 1.39. The number of hydroxylamine groups is 1. The van der Waals surface area contributed by atoms with Gasteiger partial charge in [0.15, 0.2) is 0 Å². The maximum absolute atomic E-state index is 11.6. The smallest absolute Gasteiger partial charge is 0.263 e. The molecule has 0 radical (unpaired) electrons. The Hall–Kier alpha value is -1.70. The standard InChI is InChI=1S/C14H17ClN4O2S/c1-3-21-17-13(20)9-19(2)14-16-12(18-22-14)8-10-4-6-11(15)7-5-10/h4-7H,3,8-9H2,1-2H3,(H,17,20). The molecule has 22 heavy (non-hydrogen) atoms. The van der Waals surface area contributed by atoms with Crippen LogP contribution < -0.4 is 10.4 Å². The molecule has 1 aromatic heterocycles. The molecule has 0 saturated carbocycles. The molecule has 0 spiro atoms. The molecule has 6 nitrogen and oxygen atoms in total. The molecule has 118 valence electrons. The predicted molar refractivity (Wildman–Crippen MR) is 87.2 cm³/mol. The molecule has 0 bridgehead atoms. The lowest BCUT2D eigenvalue weighted by Crippen LogP contribution is -2.35. The Bertz CT molecular complexity index is 618. The third-order valence-corrected chi connectivity index (χ3v) is 3.89. The van der Waals surface area contributed by atoms with E-state index < -0.39 is 0 Å². The quantitative estimate of drug-likeness (QED) is 0.783. The zero-order valence-corrected chi connectivity index (χ0v) is 13.9. The number of likely N-dealkylation sites (N-methyl/N-ethyl adjacent to an activating group) is 1. The molecular formula is C14H17ClN4O2S. The molecule has 0 fully saturated rings. The van der Waals surface area contributed by atoms with E-state index in [2.05, 4.69) is 14.8 Å². The molecule has 0 atom stereocenters. The van der Waals surface area contributed by atoms with Gasteiger partial charge in [-0.15, -0.1) is 0 Å². The van der Waals surface area contributed by atoms with E-state index in [4.69, 9.17) is 16.4 Å². The van der Waals surface area contributed by atoms with Gasteiger partial charge >= 0.3 is 0 Å². The van der Waals surface area contributed by atoms with Gasteiger partial charge in [-0.05, 0) is 24.6 Å². The third kappa shape index (κ3) is 4.94. The summed E-state index contributed by atoms with van der Waals surface area (Å²) in [7, 11) is 1.79. The molecule has 0 aliphatic heterocycles. The fourth-order valence-corrected chi connectivity index (χ4v) is 2.49. The molecule has 2 rings (SSSR count). The highest BCUT2D eigenvalue weighted by molar-refractivity contribution is 7.09. The average Bonchev–Trinajstić information content (AvgIpc) is 2.96. The maximum atomic E-state index is 11.6. The van der Waals surface area contributed by atoms with Crippen LogP contribution in [0.15, 0.2) is 24.3 Å². The summed E-state index contributed by atoms with van der Waals surface area (Å²) in [5.74, 6) is 0.498. The zero-order valence-electron chi connectivity index (χ0n) is 12.4. The van der Waals surface area contributed by atoms with Crippen LogP contribution >= 0.6 is 23.1 Å². The number of aromatic nitrogens is 2. The van der Waals surface area contributed by atoms with Gasteiger partial charge in [0.05, 0.1) is 6.61 Å². The van der Waals surface area contributed by atoms with Gasteiger partial charge in [-0.3, -0.25) is 9.63 Å². The van der Waals surface area contributed by atoms with Crippen LogP contribution in [0.4, 0.5) is 5.13 Å². The number of carbonyl (C=O) groups is 1. The van der Waals surface area contributed by atoms with E-state index in [0.29, 0.717) is 23.2 Å². The number of benzene rings is 1. The summed E-state index contributed by atoms with van der Waals surface area (Å²) < 4.78 is 4.32. The van der Waals surface area contributed by atoms with Crippen LogP contribution in [0.1, 0.15) is 18.3 Å². The molecule has 1 heterocycles. The Morgan fingerprint density at radius 2 is 2.14 bits per heavy atom. The number of carbonyl (C=O) groups excluding carboxylic acids is 1. The van der Waals surface area contributed by atoms with Crippen molar-refractivity contribution in [3.8, 4) is 0 Å². The molecule has 8 heteroatoms. The largest absolute Gasteiger partial charge is 0.341 e. The fourth-order valence-electron chi connectivity index (χ4n) is 1.72. The van der Waals surface area contributed by atoms with Crippen molar-refractivity contribution >= 4 is 34.2 Å². The molecule has 0 aliphatic carbocycles. The predicted octanol–water partition coefficient (Wildman–Crippen LogP) is 2.29. The molecule has 0 unspecified atom stereocenters. The number of amides is 1. The first-order valence-electron chi connectivity index (χ1n) is 6.77. The number of rotatable bonds is 7. The Balaban J connectivity index is 1.92. The van der Waals surface area contributed by atoms with E-state index >= 15 is 0 Å². The maximum Gasteiger partial charge on any atom is 0.263 e. The number of halogens is 1. The Morgan fingerprint density at radius 1 is 1.41 bits per heavy atom. The van der Waals surface area contributed by atoms with Gasteiger partial charge in [-0.1, -0.05) is 23.7 Å². The summed E-state index contributed by atoms with van der Waals surface area (Å²) >= 11 is 7.12. The van der Waals surface area contributed by atoms with Gasteiger partial charge in [0.25, 0.3) is 5.91 Å². The van der Waals surface area contributed by atoms with Crippen molar-refractivity contribution in [3.63, 3.8) is 0 Å². The van der Waals surface area contributed by atoms with Crippen molar-refractivity contribution in [2.75, 3.05) is 25.1 Å². The first-order chi connectivity index (χ1) is 10.6. The van der Waals surface area contributed by atoms with Crippen molar-refractivity contribution in [1.82, 2.24) is 14.8 Å². The molecular weight excluding hydrogens is 324 g/mol. The van der Waals surface area contributed by atoms with Crippen molar-refractivity contribution in [2.24, 2.45) is 0 Å². The van der Waals surface area contributed by atoms with Crippen molar-refractivity contribution < 1.29 is 9.63 Å². The SMILES string of the molecule is CCONC(=O)CN(C)c1nc(Cc2ccc(Cl)cc2)ns1. The minimum atomic E-state index is -0.223. The summed E-state index contributed by atoms with van der Waals surface area (Å²) in [4.78, 5) is 22.6. The van der Waals surface area contributed by atoms with Crippen LogP contribution in [0.2, 0.25) is 5.02 Å². The first-order valence-corrected chi connectivity index (χ1v) is 7.92. The van der Waals surface area contributed by atoms with Gasteiger partial charge < -0.3 is 4.90 Å². The Labute approximate surface area is 138 Å². The van der Waals surface area contributed by atoms with E-state index in [-0.39, 0.29) is 12.5 Å². The van der Waals surface area contributed by atoms with Crippen LogP contribution in [-0.4, -0.2) is 35.5 Å². The van der Waals surface area contributed by atoms with Gasteiger partial charge in [-0.25, -0.2) is 10.5 Å². The second kappa shape index (κ2) is 8.07. The Morgan fingerprint density at radius 3 is 2.82 bits per heavy atom. The van der Waals surface area contributed by atoms with E-state index in [1.165, 1.54) is 11.5 Å². The van der Waals surface area contributed by atoms with Crippen molar-refractivity contribution in [1.29, 1.82) is 0 Å². The number of anilines is 1. The van der Waals surface area contributed by atoms with Crippen LogP contribution in [0.25, 0.3) is 0 Å². The summed E-state index contributed by atoms with van der Waals surface area (Å²) in [6.07, 6.45) is 0.632. The van der Waals surface area contributed by atoms with Gasteiger partial charge in [0, 0.05) is 30.0 Å². The highest BCUT2D eigenvalue weighted by atomic mass is 35.5. The molecule has 1 N–H and O–H groups in total. The van der Waals surface area contributed by atoms with E-state index in [9.17, 15) is 4.79 Å². The zero-order chi connectivity index (χ0) is 15.9. The molecule has 1 amide bonds. The third-order valence-electron chi connectivity index (χ3n) is 2.77. The highest BCUT2D eigenvalue weighted by Gasteiger charge is 2.12. The monoisotopic (exact) mass is 340 g/mol. The van der Waals surface area contributed by atoms with Crippen LogP contribution in [0.3, 0.4) is 0 Å². The van der Waals surface area contributed by atoms with Crippen LogP contribution in [0.5, 0.6) is 0 Å². The summed E-state index contributed by atoms with van der Waals surface area (Å²) in [6.45, 7) is 2.40. The lowest BCUT2D eigenvalue weighted by atomic mass is 10.1. The number of hydrogen-bond acceptors (Lipinski definition) is 6.